The first-order valence-corrected chi connectivity index (χ1v) is 9.96. The fourth-order valence-electron chi connectivity index (χ4n) is 3.59. The van der Waals surface area contributed by atoms with Gasteiger partial charge < -0.3 is 10.2 Å². The molecule has 156 valence electrons. The number of benzene rings is 2. The third-order valence-electron chi connectivity index (χ3n) is 5.16. The number of nitrogens with zero attached hydrogens (tertiary/aromatic N) is 1. The van der Waals surface area contributed by atoms with Crippen LogP contribution in [-0.4, -0.2) is 25.2 Å². The fraction of sp³-hybridized carbons (Fsp3) is 0.350. The van der Waals surface area contributed by atoms with Crippen molar-refractivity contribution < 1.29 is 18.0 Å². The van der Waals surface area contributed by atoms with E-state index in [0.29, 0.717) is 16.3 Å². The lowest BCUT2D eigenvalue weighted by Gasteiger charge is -2.33. The summed E-state index contributed by atoms with van der Waals surface area (Å²) in [5.74, 6) is -0.195. The number of carbonyl (C=O) groups is 1. The van der Waals surface area contributed by atoms with E-state index in [4.69, 9.17) is 34.8 Å². The van der Waals surface area contributed by atoms with Crippen molar-refractivity contribution in [2.24, 2.45) is 0 Å². The van der Waals surface area contributed by atoms with Crippen LogP contribution >= 0.6 is 34.8 Å². The lowest BCUT2D eigenvalue weighted by atomic mass is 9.79. The standard InChI is InChI=1S/C20H18Cl3F3N2O/c1-12(29)27-10-13-2-3-17(9-18(13)23)28-5-4-19(11-28,20(24,25)26)14-6-15(21)8-16(22)7-14/h2-3,6-9H,4-5,10-11H2,1H3,(H,27,29). The molecule has 0 saturated carbocycles. The van der Waals surface area contributed by atoms with E-state index in [1.807, 2.05) is 0 Å². The van der Waals surface area contributed by atoms with Crippen LogP contribution in [0.2, 0.25) is 15.1 Å². The lowest BCUT2D eigenvalue weighted by Crippen LogP contribution is -2.44. The van der Waals surface area contributed by atoms with Gasteiger partial charge in [0.25, 0.3) is 0 Å². The van der Waals surface area contributed by atoms with Gasteiger partial charge in [0, 0.05) is 47.3 Å². The number of hydrogen-bond donors (Lipinski definition) is 1. The van der Waals surface area contributed by atoms with Gasteiger partial charge in [-0.05, 0) is 47.9 Å². The van der Waals surface area contributed by atoms with Gasteiger partial charge in [0.15, 0.2) is 0 Å². The summed E-state index contributed by atoms with van der Waals surface area (Å²) >= 11 is 18.2. The highest BCUT2D eigenvalue weighted by molar-refractivity contribution is 6.34. The van der Waals surface area contributed by atoms with Crippen LogP contribution in [0.1, 0.15) is 24.5 Å². The zero-order valence-corrected chi connectivity index (χ0v) is 17.7. The second kappa shape index (κ2) is 8.25. The highest BCUT2D eigenvalue weighted by atomic mass is 35.5. The van der Waals surface area contributed by atoms with Crippen molar-refractivity contribution in [3.8, 4) is 0 Å². The van der Waals surface area contributed by atoms with Crippen LogP contribution in [0.25, 0.3) is 0 Å². The number of carbonyl (C=O) groups excluding carboxylic acids is 1. The van der Waals surface area contributed by atoms with Crippen LogP contribution in [0.3, 0.4) is 0 Å². The number of hydrogen-bond acceptors (Lipinski definition) is 2. The SMILES string of the molecule is CC(=O)NCc1ccc(N2CCC(c3cc(Cl)cc(Cl)c3)(C(F)(F)F)C2)cc1Cl. The van der Waals surface area contributed by atoms with Gasteiger partial charge in [0.2, 0.25) is 5.91 Å². The van der Waals surface area contributed by atoms with Gasteiger partial charge in [-0.15, -0.1) is 0 Å². The number of halogens is 6. The summed E-state index contributed by atoms with van der Waals surface area (Å²) in [6, 6.07) is 9.10. The molecule has 0 spiro atoms. The van der Waals surface area contributed by atoms with Crippen LogP contribution in [0.15, 0.2) is 36.4 Å². The second-order valence-electron chi connectivity index (χ2n) is 7.09. The maximum Gasteiger partial charge on any atom is 0.400 e. The molecule has 29 heavy (non-hydrogen) atoms. The molecule has 1 aliphatic rings. The van der Waals surface area contributed by atoms with Gasteiger partial charge in [0.1, 0.15) is 5.41 Å². The number of amides is 1. The maximum atomic E-state index is 14.2. The minimum atomic E-state index is -4.48. The van der Waals surface area contributed by atoms with Crippen molar-refractivity contribution in [3.05, 3.63) is 62.6 Å². The summed E-state index contributed by atoms with van der Waals surface area (Å²) in [4.78, 5) is 12.7. The Kier molecular flexibility index (Phi) is 6.27. The zero-order chi connectivity index (χ0) is 21.4. The summed E-state index contributed by atoms with van der Waals surface area (Å²) in [6.07, 6.45) is -4.61. The van der Waals surface area contributed by atoms with Crippen molar-refractivity contribution in [1.82, 2.24) is 5.32 Å². The van der Waals surface area contributed by atoms with Crippen LogP contribution in [-0.2, 0) is 16.8 Å². The quantitative estimate of drug-likeness (QED) is 0.601. The molecule has 2 aromatic rings. The molecule has 3 nitrogen and oxygen atoms in total. The minimum Gasteiger partial charge on any atom is -0.370 e. The predicted molar refractivity (Wildman–Crippen MR) is 110 cm³/mol. The molecule has 3 rings (SSSR count). The molecule has 0 radical (unpaired) electrons. The Morgan fingerprint density at radius 2 is 1.79 bits per heavy atom. The molecule has 1 heterocycles. The molecule has 1 N–H and O–H groups in total. The molecular weight excluding hydrogens is 448 g/mol. The van der Waals surface area contributed by atoms with E-state index in [2.05, 4.69) is 5.32 Å². The smallest absolute Gasteiger partial charge is 0.370 e. The molecule has 1 atom stereocenters. The van der Waals surface area contributed by atoms with Gasteiger partial charge in [0.05, 0.1) is 0 Å². The van der Waals surface area contributed by atoms with Crippen molar-refractivity contribution >= 4 is 46.4 Å². The number of anilines is 1. The minimum absolute atomic E-state index is 0.0541. The van der Waals surface area contributed by atoms with E-state index in [1.165, 1.54) is 25.1 Å². The van der Waals surface area contributed by atoms with Crippen LogP contribution in [0.4, 0.5) is 18.9 Å². The average Bonchev–Trinajstić information content (AvgIpc) is 3.06. The average molecular weight is 466 g/mol. The number of alkyl halides is 3. The first kappa shape index (κ1) is 22.1. The van der Waals surface area contributed by atoms with E-state index in [1.54, 1.807) is 23.1 Å². The largest absolute Gasteiger partial charge is 0.400 e. The maximum absolute atomic E-state index is 14.2. The summed E-state index contributed by atoms with van der Waals surface area (Å²) in [5, 5.41) is 3.36. The van der Waals surface area contributed by atoms with E-state index >= 15 is 0 Å². The molecule has 1 amide bonds. The van der Waals surface area contributed by atoms with Crippen molar-refractivity contribution in [3.63, 3.8) is 0 Å². The topological polar surface area (TPSA) is 32.3 Å². The zero-order valence-electron chi connectivity index (χ0n) is 15.4. The molecule has 1 saturated heterocycles. The monoisotopic (exact) mass is 464 g/mol. The Morgan fingerprint density at radius 1 is 1.14 bits per heavy atom. The molecular formula is C20H18Cl3F3N2O. The third kappa shape index (κ3) is 4.60. The summed E-state index contributed by atoms with van der Waals surface area (Å²) in [7, 11) is 0. The Labute approximate surface area is 181 Å². The Balaban J connectivity index is 1.91. The molecule has 1 aliphatic heterocycles. The van der Waals surface area contributed by atoms with Crippen LogP contribution < -0.4 is 10.2 Å². The first-order chi connectivity index (χ1) is 13.5. The fourth-order valence-corrected chi connectivity index (χ4v) is 4.35. The third-order valence-corrected chi connectivity index (χ3v) is 5.94. The van der Waals surface area contributed by atoms with Crippen molar-refractivity contribution in [2.45, 2.75) is 31.5 Å². The first-order valence-electron chi connectivity index (χ1n) is 8.83. The Hall–Kier alpha value is -1.63. The normalized spacial score (nSPS) is 19.5. The van der Waals surface area contributed by atoms with E-state index < -0.39 is 11.6 Å². The van der Waals surface area contributed by atoms with Crippen molar-refractivity contribution in [2.75, 3.05) is 18.0 Å². The van der Waals surface area contributed by atoms with Gasteiger partial charge in [-0.3, -0.25) is 4.79 Å². The van der Waals surface area contributed by atoms with Gasteiger partial charge in [-0.25, -0.2) is 0 Å². The predicted octanol–water partition coefficient (Wildman–Crippen LogP) is 5.99. The highest BCUT2D eigenvalue weighted by Gasteiger charge is 2.59. The molecule has 9 heteroatoms. The lowest BCUT2D eigenvalue weighted by molar-refractivity contribution is -0.184. The Bertz CT molecular complexity index is 915. The summed E-state index contributed by atoms with van der Waals surface area (Å²) in [6.45, 7) is 1.58. The van der Waals surface area contributed by atoms with Crippen LogP contribution in [0.5, 0.6) is 0 Å². The molecule has 1 unspecified atom stereocenters. The van der Waals surface area contributed by atoms with Crippen LogP contribution in [0, 0.1) is 0 Å². The van der Waals surface area contributed by atoms with E-state index in [0.717, 1.165) is 0 Å². The second-order valence-corrected chi connectivity index (χ2v) is 8.38. The van der Waals surface area contributed by atoms with E-state index in [9.17, 15) is 18.0 Å². The number of nitrogens with one attached hydrogen (secondary N) is 1. The summed E-state index contributed by atoms with van der Waals surface area (Å²) in [5.41, 5.74) is -0.754. The highest BCUT2D eigenvalue weighted by Crippen LogP contribution is 2.49. The molecule has 0 aromatic heterocycles. The molecule has 2 aromatic carbocycles. The molecule has 0 aliphatic carbocycles. The van der Waals surface area contributed by atoms with E-state index in [-0.39, 0.29) is 47.6 Å². The molecule has 1 fully saturated rings. The summed E-state index contributed by atoms with van der Waals surface area (Å²) < 4.78 is 42.6. The van der Waals surface area contributed by atoms with Gasteiger partial charge in [-0.2, -0.15) is 13.2 Å². The Morgan fingerprint density at radius 3 is 2.34 bits per heavy atom. The van der Waals surface area contributed by atoms with Crippen molar-refractivity contribution in [1.29, 1.82) is 0 Å². The number of rotatable bonds is 4. The molecule has 0 bridgehead atoms. The van der Waals surface area contributed by atoms with Gasteiger partial charge in [-0.1, -0.05) is 40.9 Å². The van der Waals surface area contributed by atoms with Gasteiger partial charge >= 0.3 is 6.18 Å².